The van der Waals surface area contributed by atoms with Crippen LogP contribution in [0.4, 0.5) is 4.39 Å². The lowest BCUT2D eigenvalue weighted by atomic mass is 10.2. The van der Waals surface area contributed by atoms with E-state index in [0.717, 1.165) is 11.0 Å². The highest BCUT2D eigenvalue weighted by Gasteiger charge is 2.12. The van der Waals surface area contributed by atoms with Crippen molar-refractivity contribution in [1.82, 2.24) is 0 Å². The normalized spacial score (nSPS) is 12.5. The van der Waals surface area contributed by atoms with Crippen LogP contribution in [0.1, 0.15) is 11.8 Å². The van der Waals surface area contributed by atoms with Crippen molar-refractivity contribution >= 4 is 11.0 Å². The quantitative estimate of drug-likeness (QED) is 0.788. The van der Waals surface area contributed by atoms with Crippen molar-refractivity contribution < 1.29 is 13.5 Å². The van der Waals surface area contributed by atoms with Crippen LogP contribution in [0.25, 0.3) is 11.0 Å². The van der Waals surface area contributed by atoms with E-state index in [1.54, 1.807) is 12.1 Å². The summed E-state index contributed by atoms with van der Waals surface area (Å²) in [6.07, 6.45) is 0. The summed E-state index contributed by atoms with van der Waals surface area (Å²) in [6, 6.07) is 15.2. The first kappa shape index (κ1) is 12.7. The molecule has 0 aliphatic heterocycles. The molecular formula is C16H14FNO2. The van der Waals surface area contributed by atoms with Crippen LogP contribution in [0.2, 0.25) is 0 Å². The number of hydrogen-bond acceptors (Lipinski definition) is 3. The molecule has 3 aromatic rings. The van der Waals surface area contributed by atoms with Crippen molar-refractivity contribution in [3.8, 4) is 5.75 Å². The lowest BCUT2D eigenvalue weighted by Gasteiger charge is -2.10. The van der Waals surface area contributed by atoms with E-state index in [9.17, 15) is 4.39 Å². The Morgan fingerprint density at radius 3 is 2.75 bits per heavy atom. The molecular weight excluding hydrogens is 257 g/mol. The molecule has 1 aromatic heterocycles. The molecule has 3 nitrogen and oxygen atoms in total. The maximum Gasteiger partial charge on any atom is 0.134 e. The monoisotopic (exact) mass is 271 g/mol. The first-order chi connectivity index (χ1) is 9.72. The molecule has 0 spiro atoms. The Morgan fingerprint density at radius 1 is 1.10 bits per heavy atom. The minimum atomic E-state index is -0.398. The second-order valence-corrected chi connectivity index (χ2v) is 4.56. The summed E-state index contributed by atoms with van der Waals surface area (Å²) < 4.78 is 24.2. The molecule has 0 amide bonds. The van der Waals surface area contributed by atoms with E-state index in [0.29, 0.717) is 11.5 Å². The van der Waals surface area contributed by atoms with Crippen molar-refractivity contribution in [3.63, 3.8) is 0 Å². The molecule has 2 N–H and O–H groups in total. The number of nitrogens with two attached hydrogens (primary N) is 1. The third-order valence-electron chi connectivity index (χ3n) is 3.04. The molecule has 3 rings (SSSR count). The third kappa shape index (κ3) is 2.65. The number of furan rings is 1. The number of hydrogen-bond donors (Lipinski definition) is 1. The van der Waals surface area contributed by atoms with Gasteiger partial charge in [-0.3, -0.25) is 0 Å². The van der Waals surface area contributed by atoms with Gasteiger partial charge in [0.25, 0.3) is 0 Å². The van der Waals surface area contributed by atoms with Crippen LogP contribution < -0.4 is 10.5 Å². The summed E-state index contributed by atoms with van der Waals surface area (Å²) >= 11 is 0. The van der Waals surface area contributed by atoms with Gasteiger partial charge in [-0.1, -0.05) is 24.3 Å². The van der Waals surface area contributed by atoms with Crippen LogP contribution in [-0.2, 0) is 0 Å². The van der Waals surface area contributed by atoms with Gasteiger partial charge in [-0.2, -0.15) is 0 Å². The Balaban J connectivity index is 1.71. The van der Waals surface area contributed by atoms with Gasteiger partial charge in [0.05, 0.1) is 6.04 Å². The van der Waals surface area contributed by atoms with Gasteiger partial charge in [0.1, 0.15) is 29.5 Å². The summed E-state index contributed by atoms with van der Waals surface area (Å²) in [7, 11) is 0. The number of rotatable bonds is 4. The van der Waals surface area contributed by atoms with Crippen molar-refractivity contribution in [3.05, 3.63) is 66.2 Å². The Morgan fingerprint density at radius 2 is 1.95 bits per heavy atom. The molecule has 1 heterocycles. The van der Waals surface area contributed by atoms with Gasteiger partial charge < -0.3 is 14.9 Å². The van der Waals surface area contributed by atoms with E-state index in [1.165, 1.54) is 12.1 Å². The number of ether oxygens (including phenoxy) is 1. The minimum Gasteiger partial charge on any atom is -0.491 e. The van der Waals surface area contributed by atoms with Gasteiger partial charge in [-0.25, -0.2) is 4.39 Å². The highest BCUT2D eigenvalue weighted by Crippen LogP contribution is 2.23. The van der Waals surface area contributed by atoms with Gasteiger partial charge in [0.15, 0.2) is 0 Å². The fourth-order valence-electron chi connectivity index (χ4n) is 2.01. The van der Waals surface area contributed by atoms with Crippen LogP contribution in [0, 0.1) is 5.82 Å². The number of benzene rings is 2. The van der Waals surface area contributed by atoms with Crippen molar-refractivity contribution in [2.75, 3.05) is 6.61 Å². The van der Waals surface area contributed by atoms with Gasteiger partial charge in [-0.05, 0) is 24.3 Å². The summed E-state index contributed by atoms with van der Waals surface area (Å²) in [5.74, 6) is 0.777. The maximum absolute atomic E-state index is 13.0. The largest absolute Gasteiger partial charge is 0.491 e. The molecule has 4 heteroatoms. The Kier molecular flexibility index (Phi) is 3.39. The molecule has 20 heavy (non-hydrogen) atoms. The van der Waals surface area contributed by atoms with E-state index in [4.69, 9.17) is 14.9 Å². The number of halogens is 1. The Bertz CT molecular complexity index is 690. The molecule has 1 atom stereocenters. The second kappa shape index (κ2) is 5.35. The zero-order chi connectivity index (χ0) is 13.9. The van der Waals surface area contributed by atoms with E-state index < -0.39 is 6.04 Å². The van der Waals surface area contributed by atoms with E-state index >= 15 is 0 Å². The topological polar surface area (TPSA) is 48.4 Å². The van der Waals surface area contributed by atoms with Crippen molar-refractivity contribution in [2.24, 2.45) is 5.73 Å². The first-order valence-corrected chi connectivity index (χ1v) is 6.35. The van der Waals surface area contributed by atoms with Gasteiger partial charge in [-0.15, -0.1) is 0 Å². The fraction of sp³-hybridized carbons (Fsp3) is 0.125. The molecule has 0 saturated carbocycles. The van der Waals surface area contributed by atoms with Crippen LogP contribution in [0.5, 0.6) is 5.75 Å². The molecule has 0 aliphatic carbocycles. The second-order valence-electron chi connectivity index (χ2n) is 4.56. The first-order valence-electron chi connectivity index (χ1n) is 6.35. The van der Waals surface area contributed by atoms with Gasteiger partial charge in [0.2, 0.25) is 0 Å². The SMILES string of the molecule is NC(COc1cccc(F)c1)c1cc2ccccc2o1. The van der Waals surface area contributed by atoms with Crippen molar-refractivity contribution in [2.45, 2.75) is 6.04 Å². The van der Waals surface area contributed by atoms with E-state index in [2.05, 4.69) is 0 Å². The highest BCUT2D eigenvalue weighted by molar-refractivity contribution is 5.77. The van der Waals surface area contributed by atoms with Crippen LogP contribution in [0.15, 0.2) is 59.0 Å². The van der Waals surface area contributed by atoms with Crippen LogP contribution in [0.3, 0.4) is 0 Å². The molecule has 2 aromatic carbocycles. The molecule has 0 bridgehead atoms. The van der Waals surface area contributed by atoms with Crippen LogP contribution >= 0.6 is 0 Å². The zero-order valence-corrected chi connectivity index (χ0v) is 10.8. The lowest BCUT2D eigenvalue weighted by molar-refractivity contribution is 0.274. The molecule has 0 fully saturated rings. The van der Waals surface area contributed by atoms with Gasteiger partial charge >= 0.3 is 0 Å². The fourth-order valence-corrected chi connectivity index (χ4v) is 2.01. The number of fused-ring (bicyclic) bond motifs is 1. The Labute approximate surface area is 115 Å². The van der Waals surface area contributed by atoms with Crippen molar-refractivity contribution in [1.29, 1.82) is 0 Å². The van der Waals surface area contributed by atoms with E-state index in [1.807, 2.05) is 30.3 Å². The number of para-hydroxylation sites is 1. The molecule has 0 aliphatic rings. The highest BCUT2D eigenvalue weighted by atomic mass is 19.1. The average molecular weight is 271 g/mol. The van der Waals surface area contributed by atoms with Gasteiger partial charge in [0, 0.05) is 11.5 Å². The summed E-state index contributed by atoms with van der Waals surface area (Å²) in [4.78, 5) is 0. The van der Waals surface area contributed by atoms with E-state index in [-0.39, 0.29) is 12.4 Å². The Hall–Kier alpha value is -2.33. The molecule has 102 valence electrons. The predicted molar refractivity (Wildman–Crippen MR) is 75.0 cm³/mol. The molecule has 0 radical (unpaired) electrons. The maximum atomic E-state index is 13.0. The molecule has 0 saturated heterocycles. The average Bonchev–Trinajstić information content (AvgIpc) is 2.89. The third-order valence-corrected chi connectivity index (χ3v) is 3.04. The zero-order valence-electron chi connectivity index (χ0n) is 10.8. The summed E-state index contributed by atoms with van der Waals surface area (Å²) in [6.45, 7) is 0.225. The standard InChI is InChI=1S/C16H14FNO2/c17-12-5-3-6-13(9-12)19-10-14(18)16-8-11-4-1-2-7-15(11)20-16/h1-9,14H,10,18H2. The summed E-state index contributed by atoms with van der Waals surface area (Å²) in [5, 5.41) is 1.00. The molecule has 1 unspecified atom stereocenters. The predicted octanol–water partition coefficient (Wildman–Crippen LogP) is 3.65. The lowest BCUT2D eigenvalue weighted by Crippen LogP contribution is -2.18. The summed E-state index contributed by atoms with van der Waals surface area (Å²) in [5.41, 5.74) is 6.83. The van der Waals surface area contributed by atoms with Crippen LogP contribution in [-0.4, -0.2) is 6.61 Å². The minimum absolute atomic E-state index is 0.225. The smallest absolute Gasteiger partial charge is 0.134 e.